The molecular weight excluding hydrogens is 298 g/mol. The summed E-state index contributed by atoms with van der Waals surface area (Å²) >= 11 is 0. The van der Waals surface area contributed by atoms with Crippen molar-refractivity contribution in [3.8, 4) is 0 Å². The lowest BCUT2D eigenvalue weighted by Gasteiger charge is -2.38. The molecule has 0 fully saturated rings. The van der Waals surface area contributed by atoms with Gasteiger partial charge in [0, 0.05) is 4.91 Å². The molecule has 0 saturated heterocycles. The van der Waals surface area contributed by atoms with Gasteiger partial charge in [0.2, 0.25) is 0 Å². The maximum absolute atomic E-state index is 12.5. The summed E-state index contributed by atoms with van der Waals surface area (Å²) in [5.74, 6) is -0.283. The van der Waals surface area contributed by atoms with Gasteiger partial charge in [-0.2, -0.15) is 0 Å². The summed E-state index contributed by atoms with van der Waals surface area (Å²) in [7, 11) is -2.06. The van der Waals surface area contributed by atoms with Gasteiger partial charge in [-0.3, -0.25) is 4.79 Å². The quantitative estimate of drug-likeness (QED) is 0.315. The molecule has 0 aromatic rings. The Labute approximate surface area is 135 Å². The van der Waals surface area contributed by atoms with Crippen LogP contribution in [0, 0.1) is 5.92 Å². The summed E-state index contributed by atoms with van der Waals surface area (Å²) in [6.45, 7) is 15.6. The van der Waals surface area contributed by atoms with E-state index in [9.17, 15) is 9.90 Å². The largest absolute Gasteiger partial charge is 0.413 e. The minimum atomic E-state index is -2.06. The fourth-order valence-corrected chi connectivity index (χ4v) is 2.76. The first-order valence-electron chi connectivity index (χ1n) is 7.69. The van der Waals surface area contributed by atoms with Gasteiger partial charge in [-0.1, -0.05) is 39.7 Å². The zero-order chi connectivity index (χ0) is 17.8. The summed E-state index contributed by atoms with van der Waals surface area (Å²) in [5, 5.41) is 14.0. The lowest BCUT2D eigenvalue weighted by molar-refractivity contribution is -0.140. The van der Waals surface area contributed by atoms with Crippen LogP contribution in [0.25, 0.3) is 10.4 Å². The minimum Gasteiger partial charge on any atom is -0.413 e. The molecule has 0 unspecified atom stereocenters. The van der Waals surface area contributed by atoms with Crippen LogP contribution in [0.4, 0.5) is 0 Å². The number of azide groups is 1. The number of nitrogens with zero attached hydrogens (tertiary/aromatic N) is 3. The number of hydrogen-bond acceptors (Lipinski definition) is 4. The molecule has 1 N–H and O–H groups in total. The Morgan fingerprint density at radius 1 is 1.32 bits per heavy atom. The highest BCUT2D eigenvalue weighted by molar-refractivity contribution is 6.74. The number of carbonyl (C=O) groups is 1. The first kappa shape index (κ1) is 21.1. The molecule has 0 amide bonds. The highest BCUT2D eigenvalue weighted by Gasteiger charge is 2.42. The van der Waals surface area contributed by atoms with Gasteiger partial charge in [0.25, 0.3) is 0 Å². The minimum absolute atomic E-state index is 0.00569. The third kappa shape index (κ3) is 6.08. The average molecular weight is 330 g/mol. The van der Waals surface area contributed by atoms with Crippen LogP contribution in [0.2, 0.25) is 18.1 Å². The summed E-state index contributed by atoms with van der Waals surface area (Å²) in [5.41, 5.74) is 6.98. The molecule has 0 aromatic heterocycles. The van der Waals surface area contributed by atoms with E-state index in [4.69, 9.17) is 9.96 Å². The van der Waals surface area contributed by atoms with E-state index in [1.54, 1.807) is 0 Å². The second-order valence-electron chi connectivity index (χ2n) is 8.04. The van der Waals surface area contributed by atoms with E-state index in [1.165, 1.54) is 6.92 Å². The normalized spacial score (nSPS) is 16.8. The van der Waals surface area contributed by atoms with E-state index in [0.717, 1.165) is 0 Å². The summed E-state index contributed by atoms with van der Waals surface area (Å²) in [6.07, 6.45) is 0.416. The van der Waals surface area contributed by atoms with Crippen LogP contribution >= 0.6 is 0 Å². The van der Waals surface area contributed by atoms with Crippen molar-refractivity contribution < 1.29 is 14.3 Å². The van der Waals surface area contributed by atoms with Gasteiger partial charge >= 0.3 is 0 Å². The van der Waals surface area contributed by atoms with E-state index < -0.39 is 25.7 Å². The molecule has 0 aliphatic carbocycles. The van der Waals surface area contributed by atoms with Gasteiger partial charge in [-0.15, -0.1) is 0 Å². The second-order valence-corrected chi connectivity index (χ2v) is 12.8. The van der Waals surface area contributed by atoms with Crippen molar-refractivity contribution in [3.63, 3.8) is 0 Å². The van der Waals surface area contributed by atoms with E-state index >= 15 is 0 Å². The average Bonchev–Trinajstić information content (AvgIpc) is 2.33. The highest BCUT2D eigenvalue weighted by atomic mass is 28.4. The first-order chi connectivity index (χ1) is 9.74. The highest BCUT2D eigenvalue weighted by Crippen LogP contribution is 2.37. The van der Waals surface area contributed by atoms with Gasteiger partial charge in [-0.25, -0.2) is 0 Å². The van der Waals surface area contributed by atoms with Crippen LogP contribution < -0.4 is 0 Å². The van der Waals surface area contributed by atoms with Crippen molar-refractivity contribution in [2.45, 2.75) is 77.7 Å². The third-order valence-electron chi connectivity index (χ3n) is 4.24. The molecule has 22 heavy (non-hydrogen) atoms. The monoisotopic (exact) mass is 329 g/mol. The maximum atomic E-state index is 12.5. The van der Waals surface area contributed by atoms with Crippen molar-refractivity contribution in [3.05, 3.63) is 10.4 Å². The summed E-state index contributed by atoms with van der Waals surface area (Å²) in [4.78, 5) is 15.2. The molecule has 7 heteroatoms. The van der Waals surface area contributed by atoms with Gasteiger partial charge in [0.1, 0.15) is 5.60 Å². The second kappa shape index (κ2) is 7.59. The molecule has 6 nitrogen and oxygen atoms in total. The number of ketones is 1. The van der Waals surface area contributed by atoms with Crippen LogP contribution in [0.15, 0.2) is 5.11 Å². The number of Topliss-reactive ketones (excluding diaryl/α,β-unsaturated/α-hetero) is 1. The molecule has 128 valence electrons. The zero-order valence-electron chi connectivity index (χ0n) is 15.2. The van der Waals surface area contributed by atoms with Crippen molar-refractivity contribution >= 4 is 14.1 Å². The smallest absolute Gasteiger partial charge is 0.192 e. The Kier molecular flexibility index (Phi) is 7.29. The predicted molar refractivity (Wildman–Crippen MR) is 91.2 cm³/mol. The third-order valence-corrected chi connectivity index (χ3v) is 8.72. The number of rotatable bonds is 8. The van der Waals surface area contributed by atoms with Crippen molar-refractivity contribution in [1.29, 1.82) is 0 Å². The van der Waals surface area contributed by atoms with Crippen molar-refractivity contribution in [1.82, 2.24) is 0 Å². The standard InChI is InChI=1S/C15H31N3O3Si/c1-11(2)9-12(17-18-16)13(19)15(6,20)10-21-22(7,8)14(3,4)5/h11-12,20H,9-10H2,1-8H3/t12-,15-/m1/s1. The zero-order valence-corrected chi connectivity index (χ0v) is 16.2. The molecule has 0 aliphatic heterocycles. The lowest BCUT2D eigenvalue weighted by Crippen LogP contribution is -2.50. The SMILES string of the molecule is CC(C)C[C@@H](N=[N+]=[N-])C(=O)[C@](C)(O)CO[Si](C)(C)C(C)(C)C. The molecule has 0 aliphatic rings. The Hall–Kier alpha value is -0.883. The first-order valence-corrected chi connectivity index (χ1v) is 10.6. The van der Waals surface area contributed by atoms with E-state index in [-0.39, 0.29) is 17.6 Å². The van der Waals surface area contributed by atoms with Crippen LogP contribution in [0.5, 0.6) is 0 Å². The van der Waals surface area contributed by atoms with Crippen LogP contribution in [0.3, 0.4) is 0 Å². The van der Waals surface area contributed by atoms with E-state index in [0.29, 0.717) is 6.42 Å². The van der Waals surface area contributed by atoms with E-state index in [2.05, 4.69) is 43.9 Å². The predicted octanol–water partition coefficient (Wildman–Crippen LogP) is 4.05. The Bertz CT molecular complexity index is 436. The molecule has 0 spiro atoms. The number of aliphatic hydroxyl groups is 1. The Morgan fingerprint density at radius 2 is 1.82 bits per heavy atom. The maximum Gasteiger partial charge on any atom is 0.192 e. The Morgan fingerprint density at radius 3 is 2.18 bits per heavy atom. The lowest BCUT2D eigenvalue weighted by atomic mass is 9.91. The molecule has 0 rings (SSSR count). The van der Waals surface area contributed by atoms with E-state index in [1.807, 2.05) is 13.8 Å². The molecule has 0 bridgehead atoms. The molecular formula is C15H31N3O3Si. The van der Waals surface area contributed by atoms with Gasteiger partial charge in [0.05, 0.1) is 12.6 Å². The summed E-state index contributed by atoms with van der Waals surface area (Å²) in [6, 6.07) is -0.858. The van der Waals surface area contributed by atoms with Gasteiger partial charge < -0.3 is 9.53 Å². The van der Waals surface area contributed by atoms with Gasteiger partial charge in [-0.05, 0) is 42.9 Å². The van der Waals surface area contributed by atoms with Crippen LogP contribution in [-0.4, -0.2) is 37.5 Å². The van der Waals surface area contributed by atoms with Crippen molar-refractivity contribution in [2.24, 2.45) is 11.0 Å². The summed E-state index contributed by atoms with van der Waals surface area (Å²) < 4.78 is 5.95. The molecule has 0 aromatic carbocycles. The molecule has 0 saturated carbocycles. The fourth-order valence-electron chi connectivity index (χ4n) is 1.68. The van der Waals surface area contributed by atoms with Crippen LogP contribution in [0.1, 0.15) is 48.0 Å². The number of carbonyl (C=O) groups excluding carboxylic acids is 1. The number of hydrogen-bond donors (Lipinski definition) is 1. The topological polar surface area (TPSA) is 95.3 Å². The fraction of sp³-hybridized carbons (Fsp3) is 0.933. The van der Waals surface area contributed by atoms with Crippen molar-refractivity contribution in [2.75, 3.05) is 6.61 Å². The van der Waals surface area contributed by atoms with Crippen LogP contribution in [-0.2, 0) is 9.22 Å². The molecule has 0 radical (unpaired) electrons. The Balaban J connectivity index is 5.05. The van der Waals surface area contributed by atoms with Gasteiger partial charge in [0.15, 0.2) is 14.1 Å². The molecule has 0 heterocycles. The molecule has 2 atom stereocenters.